The molecule has 5 nitrogen and oxygen atoms in total. The van der Waals surface area contributed by atoms with Gasteiger partial charge in [0.25, 0.3) is 0 Å². The highest BCUT2D eigenvalue weighted by Crippen LogP contribution is 2.29. The SMILES string of the molecule is CCOc1ccccc1N1CCN(C(C)C(=O)Nc2cc(F)ccc2C)CC1. The molecular formula is C22H28FN3O2. The Balaban J connectivity index is 1.60. The van der Waals surface area contributed by atoms with Crippen LogP contribution in [0.15, 0.2) is 42.5 Å². The van der Waals surface area contributed by atoms with E-state index >= 15 is 0 Å². The molecule has 150 valence electrons. The van der Waals surface area contributed by atoms with E-state index in [-0.39, 0.29) is 17.8 Å². The topological polar surface area (TPSA) is 44.8 Å². The monoisotopic (exact) mass is 385 g/mol. The molecule has 0 radical (unpaired) electrons. The highest BCUT2D eigenvalue weighted by molar-refractivity contribution is 5.95. The fraction of sp³-hybridized carbons (Fsp3) is 0.409. The molecule has 2 aromatic carbocycles. The lowest BCUT2D eigenvalue weighted by atomic mass is 10.1. The number of para-hydroxylation sites is 2. The molecule has 0 spiro atoms. The van der Waals surface area contributed by atoms with Gasteiger partial charge in [-0.2, -0.15) is 0 Å². The first-order valence-corrected chi connectivity index (χ1v) is 9.77. The van der Waals surface area contributed by atoms with Crippen LogP contribution >= 0.6 is 0 Å². The Bertz CT molecular complexity index is 819. The van der Waals surface area contributed by atoms with Gasteiger partial charge in [0.2, 0.25) is 5.91 Å². The Morgan fingerprint density at radius 1 is 1.18 bits per heavy atom. The van der Waals surface area contributed by atoms with Crippen molar-refractivity contribution in [2.24, 2.45) is 0 Å². The predicted molar refractivity (Wildman–Crippen MR) is 111 cm³/mol. The summed E-state index contributed by atoms with van der Waals surface area (Å²) in [5.41, 5.74) is 2.47. The molecule has 1 unspecified atom stereocenters. The Hall–Kier alpha value is -2.60. The Morgan fingerprint density at radius 3 is 2.61 bits per heavy atom. The van der Waals surface area contributed by atoms with Gasteiger partial charge in [0.05, 0.1) is 18.3 Å². The van der Waals surface area contributed by atoms with Crippen molar-refractivity contribution in [3.63, 3.8) is 0 Å². The van der Waals surface area contributed by atoms with Gasteiger partial charge in [-0.1, -0.05) is 18.2 Å². The van der Waals surface area contributed by atoms with E-state index in [1.807, 2.05) is 39.0 Å². The number of carbonyl (C=O) groups excluding carboxylic acids is 1. The Morgan fingerprint density at radius 2 is 1.89 bits per heavy atom. The normalized spacial score (nSPS) is 15.9. The quantitative estimate of drug-likeness (QED) is 0.824. The summed E-state index contributed by atoms with van der Waals surface area (Å²) >= 11 is 0. The van der Waals surface area contributed by atoms with E-state index in [1.54, 1.807) is 6.07 Å². The molecule has 1 saturated heterocycles. The van der Waals surface area contributed by atoms with E-state index in [1.165, 1.54) is 12.1 Å². The molecule has 0 aliphatic carbocycles. The van der Waals surface area contributed by atoms with Gasteiger partial charge in [0.1, 0.15) is 11.6 Å². The van der Waals surface area contributed by atoms with Gasteiger partial charge in [-0.25, -0.2) is 4.39 Å². The number of rotatable bonds is 6. The van der Waals surface area contributed by atoms with Crippen molar-refractivity contribution in [1.82, 2.24) is 4.90 Å². The molecule has 28 heavy (non-hydrogen) atoms. The van der Waals surface area contributed by atoms with Crippen molar-refractivity contribution in [2.75, 3.05) is 43.0 Å². The fourth-order valence-corrected chi connectivity index (χ4v) is 3.48. The van der Waals surface area contributed by atoms with Crippen molar-refractivity contribution in [3.8, 4) is 5.75 Å². The van der Waals surface area contributed by atoms with Crippen LogP contribution in [0.2, 0.25) is 0 Å². The number of carbonyl (C=O) groups is 1. The van der Waals surface area contributed by atoms with Gasteiger partial charge in [-0.05, 0) is 50.6 Å². The third-order valence-electron chi connectivity index (χ3n) is 5.20. The molecule has 0 aromatic heterocycles. The maximum atomic E-state index is 13.5. The lowest BCUT2D eigenvalue weighted by Gasteiger charge is -2.39. The van der Waals surface area contributed by atoms with Crippen LogP contribution in [0.3, 0.4) is 0 Å². The molecule has 1 fully saturated rings. The summed E-state index contributed by atoms with van der Waals surface area (Å²) in [6, 6.07) is 12.2. The van der Waals surface area contributed by atoms with Crippen LogP contribution in [0.25, 0.3) is 0 Å². The van der Waals surface area contributed by atoms with E-state index in [0.717, 1.165) is 43.2 Å². The number of nitrogens with one attached hydrogen (secondary N) is 1. The highest BCUT2D eigenvalue weighted by atomic mass is 19.1. The zero-order valence-corrected chi connectivity index (χ0v) is 16.7. The summed E-state index contributed by atoms with van der Waals surface area (Å²) in [4.78, 5) is 17.1. The minimum Gasteiger partial charge on any atom is -0.492 e. The number of hydrogen-bond acceptors (Lipinski definition) is 4. The van der Waals surface area contributed by atoms with Crippen LogP contribution in [0.5, 0.6) is 5.75 Å². The molecule has 1 amide bonds. The summed E-state index contributed by atoms with van der Waals surface area (Å²) in [7, 11) is 0. The number of hydrogen-bond donors (Lipinski definition) is 1. The van der Waals surface area contributed by atoms with E-state index in [2.05, 4.69) is 21.2 Å². The molecular weight excluding hydrogens is 357 g/mol. The first-order chi connectivity index (χ1) is 13.5. The first-order valence-electron chi connectivity index (χ1n) is 9.77. The summed E-state index contributed by atoms with van der Waals surface area (Å²) in [6.07, 6.45) is 0. The standard InChI is InChI=1S/C22H28FN3O2/c1-4-28-21-8-6-5-7-20(21)26-13-11-25(12-14-26)17(3)22(27)24-19-15-18(23)10-9-16(19)2/h5-10,15,17H,4,11-14H2,1-3H3,(H,24,27). The van der Waals surface area contributed by atoms with Crippen LogP contribution in [-0.2, 0) is 4.79 Å². The van der Waals surface area contributed by atoms with E-state index < -0.39 is 0 Å². The van der Waals surface area contributed by atoms with Gasteiger partial charge in [-0.3, -0.25) is 9.69 Å². The molecule has 1 heterocycles. The number of halogens is 1. The molecule has 1 aliphatic heterocycles. The highest BCUT2D eigenvalue weighted by Gasteiger charge is 2.27. The van der Waals surface area contributed by atoms with Crippen LogP contribution < -0.4 is 15.0 Å². The van der Waals surface area contributed by atoms with Crippen LogP contribution in [0, 0.1) is 12.7 Å². The van der Waals surface area contributed by atoms with E-state index in [0.29, 0.717) is 12.3 Å². The molecule has 0 saturated carbocycles. The second-order valence-corrected chi connectivity index (χ2v) is 7.05. The smallest absolute Gasteiger partial charge is 0.241 e. The molecule has 1 aliphatic rings. The number of amides is 1. The molecule has 1 atom stereocenters. The van der Waals surface area contributed by atoms with Gasteiger partial charge >= 0.3 is 0 Å². The number of piperazine rings is 1. The molecule has 1 N–H and O–H groups in total. The van der Waals surface area contributed by atoms with Crippen LogP contribution in [-0.4, -0.2) is 49.6 Å². The van der Waals surface area contributed by atoms with Crippen molar-refractivity contribution < 1.29 is 13.9 Å². The Kier molecular flexibility index (Phi) is 6.52. The largest absolute Gasteiger partial charge is 0.492 e. The number of nitrogens with zero attached hydrogens (tertiary/aromatic N) is 2. The fourth-order valence-electron chi connectivity index (χ4n) is 3.48. The first kappa shape index (κ1) is 20.1. The van der Waals surface area contributed by atoms with Gasteiger partial charge in [-0.15, -0.1) is 0 Å². The lowest BCUT2D eigenvalue weighted by molar-refractivity contribution is -0.120. The van der Waals surface area contributed by atoms with Crippen molar-refractivity contribution >= 4 is 17.3 Å². The Labute approximate surface area is 166 Å². The van der Waals surface area contributed by atoms with Gasteiger partial charge in [0.15, 0.2) is 0 Å². The third-order valence-corrected chi connectivity index (χ3v) is 5.20. The second-order valence-electron chi connectivity index (χ2n) is 7.05. The third kappa shape index (κ3) is 4.62. The maximum Gasteiger partial charge on any atom is 0.241 e. The van der Waals surface area contributed by atoms with Gasteiger partial charge in [0, 0.05) is 31.9 Å². The number of anilines is 2. The molecule has 2 aromatic rings. The molecule has 0 bridgehead atoms. The van der Waals surface area contributed by atoms with Crippen LogP contribution in [0.1, 0.15) is 19.4 Å². The summed E-state index contributed by atoms with van der Waals surface area (Å²) in [5, 5.41) is 2.86. The van der Waals surface area contributed by atoms with Gasteiger partial charge < -0.3 is 15.0 Å². The lowest BCUT2D eigenvalue weighted by Crippen LogP contribution is -2.53. The minimum atomic E-state index is -0.352. The zero-order valence-electron chi connectivity index (χ0n) is 16.7. The zero-order chi connectivity index (χ0) is 20.1. The average molecular weight is 385 g/mol. The van der Waals surface area contributed by atoms with Crippen molar-refractivity contribution in [3.05, 3.63) is 53.8 Å². The molecule has 6 heteroatoms. The van der Waals surface area contributed by atoms with Crippen molar-refractivity contribution in [1.29, 1.82) is 0 Å². The molecule has 3 rings (SSSR count). The summed E-state index contributed by atoms with van der Waals surface area (Å²) in [5.74, 6) is 0.429. The van der Waals surface area contributed by atoms with E-state index in [4.69, 9.17) is 4.74 Å². The van der Waals surface area contributed by atoms with Crippen LogP contribution in [0.4, 0.5) is 15.8 Å². The number of benzene rings is 2. The predicted octanol–water partition coefficient (Wildman–Crippen LogP) is 3.68. The van der Waals surface area contributed by atoms with Crippen molar-refractivity contribution in [2.45, 2.75) is 26.8 Å². The number of ether oxygens (including phenoxy) is 1. The second kappa shape index (κ2) is 9.06. The summed E-state index contributed by atoms with van der Waals surface area (Å²) < 4.78 is 19.2. The summed E-state index contributed by atoms with van der Waals surface area (Å²) in [6.45, 7) is 9.56. The van der Waals surface area contributed by atoms with E-state index in [9.17, 15) is 9.18 Å². The minimum absolute atomic E-state index is 0.114. The maximum absolute atomic E-state index is 13.5. The number of aryl methyl sites for hydroxylation is 1. The average Bonchev–Trinajstić information content (AvgIpc) is 2.71.